The number of rotatable bonds is 7. The van der Waals surface area contributed by atoms with Gasteiger partial charge in [0.1, 0.15) is 0 Å². The van der Waals surface area contributed by atoms with Crippen LogP contribution in [-0.4, -0.2) is 23.1 Å². The molecule has 0 spiro atoms. The summed E-state index contributed by atoms with van der Waals surface area (Å²) in [5.41, 5.74) is 0. The maximum Gasteiger partial charge on any atom is 0.0206 e. The molecule has 2 aliphatic rings. The molecule has 0 aromatic carbocycles. The normalized spacial score (nSPS) is 37.6. The minimum Gasteiger partial charge on any atom is -0.313 e. The lowest BCUT2D eigenvalue weighted by atomic mass is 9.83. The Kier molecular flexibility index (Phi) is 7.95. The van der Waals surface area contributed by atoms with Gasteiger partial charge in [-0.2, -0.15) is 11.8 Å². The summed E-state index contributed by atoms with van der Waals surface area (Å²) in [7, 11) is 0. The summed E-state index contributed by atoms with van der Waals surface area (Å²) in [4.78, 5) is 0. The van der Waals surface area contributed by atoms with Gasteiger partial charge in [-0.25, -0.2) is 0 Å². The topological polar surface area (TPSA) is 12.0 Å². The van der Waals surface area contributed by atoms with Crippen molar-refractivity contribution in [2.24, 2.45) is 11.8 Å². The minimum atomic E-state index is 0.792. The molecule has 5 unspecified atom stereocenters. The monoisotopic (exact) mass is 311 g/mol. The molecule has 124 valence electrons. The molecule has 0 amide bonds. The molecule has 21 heavy (non-hydrogen) atoms. The average molecular weight is 312 g/mol. The fourth-order valence-corrected chi connectivity index (χ4v) is 6.39. The first-order chi connectivity index (χ1) is 10.2. The smallest absolute Gasteiger partial charge is 0.0206 e. The van der Waals surface area contributed by atoms with Crippen LogP contribution in [0.3, 0.4) is 0 Å². The maximum atomic E-state index is 3.86. The second-order valence-electron chi connectivity index (χ2n) is 7.60. The first-order valence-electron chi connectivity index (χ1n) is 9.61. The van der Waals surface area contributed by atoms with Crippen molar-refractivity contribution in [2.45, 2.75) is 102 Å². The lowest BCUT2D eigenvalue weighted by molar-refractivity contribution is 0.285. The van der Waals surface area contributed by atoms with Crippen LogP contribution in [-0.2, 0) is 0 Å². The molecule has 0 bridgehead atoms. The summed E-state index contributed by atoms with van der Waals surface area (Å²) in [5, 5.41) is 5.70. The Morgan fingerprint density at radius 3 is 2.57 bits per heavy atom. The predicted molar refractivity (Wildman–Crippen MR) is 97.1 cm³/mol. The van der Waals surface area contributed by atoms with Gasteiger partial charge in [-0.1, -0.05) is 46.5 Å². The number of hydrogen-bond donors (Lipinski definition) is 1. The molecule has 0 aromatic heterocycles. The van der Waals surface area contributed by atoms with E-state index >= 15 is 0 Å². The minimum absolute atomic E-state index is 0.792. The van der Waals surface area contributed by atoms with E-state index in [4.69, 9.17) is 0 Å². The molecule has 2 rings (SSSR count). The highest BCUT2D eigenvalue weighted by Gasteiger charge is 2.33. The standard InChI is InChI=1S/C19H37NS/c1-4-7-16-10-11-18(20-12-5-2)19(14-16)21-17-9-6-8-15(3)13-17/h15-20H,4-14H2,1-3H3. The van der Waals surface area contributed by atoms with Gasteiger partial charge in [0.2, 0.25) is 0 Å². The van der Waals surface area contributed by atoms with Crippen LogP contribution < -0.4 is 5.32 Å². The molecule has 1 N–H and O–H groups in total. The van der Waals surface area contributed by atoms with Crippen molar-refractivity contribution in [2.75, 3.05) is 6.54 Å². The van der Waals surface area contributed by atoms with Crippen LogP contribution >= 0.6 is 11.8 Å². The van der Waals surface area contributed by atoms with Gasteiger partial charge < -0.3 is 5.32 Å². The van der Waals surface area contributed by atoms with E-state index in [-0.39, 0.29) is 0 Å². The van der Waals surface area contributed by atoms with E-state index in [9.17, 15) is 0 Å². The lowest BCUT2D eigenvalue weighted by Crippen LogP contribution is -2.44. The second-order valence-corrected chi connectivity index (χ2v) is 9.14. The highest BCUT2D eigenvalue weighted by molar-refractivity contribution is 8.00. The summed E-state index contributed by atoms with van der Waals surface area (Å²) in [6.07, 6.45) is 14.4. The molecule has 1 nitrogen and oxygen atoms in total. The summed E-state index contributed by atoms with van der Waals surface area (Å²) in [6.45, 7) is 8.31. The first-order valence-corrected chi connectivity index (χ1v) is 10.6. The number of hydrogen-bond acceptors (Lipinski definition) is 2. The summed E-state index contributed by atoms with van der Waals surface area (Å²) < 4.78 is 0. The molecule has 2 fully saturated rings. The quantitative estimate of drug-likeness (QED) is 0.653. The van der Waals surface area contributed by atoms with E-state index in [0.29, 0.717) is 0 Å². The van der Waals surface area contributed by atoms with E-state index < -0.39 is 0 Å². The third kappa shape index (κ3) is 5.78. The lowest BCUT2D eigenvalue weighted by Gasteiger charge is -2.39. The van der Waals surface area contributed by atoms with Crippen molar-refractivity contribution in [1.29, 1.82) is 0 Å². The van der Waals surface area contributed by atoms with Gasteiger partial charge >= 0.3 is 0 Å². The molecule has 2 heteroatoms. The third-order valence-electron chi connectivity index (χ3n) is 5.51. The maximum absolute atomic E-state index is 3.86. The highest BCUT2D eigenvalue weighted by Crippen LogP contribution is 2.41. The highest BCUT2D eigenvalue weighted by atomic mass is 32.2. The van der Waals surface area contributed by atoms with Crippen molar-refractivity contribution >= 4 is 11.8 Å². The number of thioether (sulfide) groups is 1. The van der Waals surface area contributed by atoms with E-state index in [0.717, 1.165) is 28.4 Å². The zero-order valence-electron chi connectivity index (χ0n) is 14.6. The summed E-state index contributed by atoms with van der Waals surface area (Å²) in [5.74, 6) is 1.97. The fraction of sp³-hybridized carbons (Fsp3) is 1.00. The first kappa shape index (κ1) is 17.7. The SMILES string of the molecule is CCCNC1CCC(CCC)CC1SC1CCCC(C)C1. The average Bonchev–Trinajstić information content (AvgIpc) is 2.47. The Hall–Kier alpha value is 0.310. The Morgan fingerprint density at radius 2 is 1.86 bits per heavy atom. The van der Waals surface area contributed by atoms with Crippen molar-refractivity contribution < 1.29 is 0 Å². The van der Waals surface area contributed by atoms with Gasteiger partial charge in [-0.15, -0.1) is 0 Å². The van der Waals surface area contributed by atoms with Gasteiger partial charge in [-0.3, -0.25) is 0 Å². The van der Waals surface area contributed by atoms with Gasteiger partial charge in [0, 0.05) is 16.5 Å². The zero-order chi connectivity index (χ0) is 15.1. The van der Waals surface area contributed by atoms with E-state index in [2.05, 4.69) is 37.8 Å². The molecular formula is C19H37NS. The molecule has 0 heterocycles. The van der Waals surface area contributed by atoms with Crippen LogP contribution in [0.5, 0.6) is 0 Å². The molecule has 2 saturated carbocycles. The van der Waals surface area contributed by atoms with Crippen molar-refractivity contribution in [3.05, 3.63) is 0 Å². The van der Waals surface area contributed by atoms with Gasteiger partial charge in [0.05, 0.1) is 0 Å². The third-order valence-corrected chi connectivity index (χ3v) is 7.19. The van der Waals surface area contributed by atoms with Gasteiger partial charge in [-0.05, 0) is 56.9 Å². The van der Waals surface area contributed by atoms with Crippen LogP contribution in [0.1, 0.15) is 85.0 Å². The molecule has 5 atom stereocenters. The van der Waals surface area contributed by atoms with Crippen LogP contribution in [0, 0.1) is 11.8 Å². The van der Waals surface area contributed by atoms with Crippen LogP contribution in [0.25, 0.3) is 0 Å². The van der Waals surface area contributed by atoms with Crippen LogP contribution in [0.2, 0.25) is 0 Å². The summed E-state index contributed by atoms with van der Waals surface area (Å²) in [6, 6.07) is 0.792. The fourth-order valence-electron chi connectivity index (χ4n) is 4.35. The van der Waals surface area contributed by atoms with Gasteiger partial charge in [0.25, 0.3) is 0 Å². The van der Waals surface area contributed by atoms with Crippen LogP contribution in [0.15, 0.2) is 0 Å². The van der Waals surface area contributed by atoms with Crippen molar-refractivity contribution in [1.82, 2.24) is 5.32 Å². The Morgan fingerprint density at radius 1 is 1.00 bits per heavy atom. The van der Waals surface area contributed by atoms with Crippen LogP contribution in [0.4, 0.5) is 0 Å². The summed E-state index contributed by atoms with van der Waals surface area (Å²) >= 11 is 2.37. The molecule has 0 aromatic rings. The molecule has 0 saturated heterocycles. The Labute approximate surface area is 137 Å². The van der Waals surface area contributed by atoms with E-state index in [1.807, 2.05) is 0 Å². The molecule has 0 radical (unpaired) electrons. The Balaban J connectivity index is 1.88. The molecular weight excluding hydrogens is 274 g/mol. The largest absolute Gasteiger partial charge is 0.313 e. The van der Waals surface area contributed by atoms with E-state index in [1.54, 1.807) is 0 Å². The zero-order valence-corrected chi connectivity index (χ0v) is 15.4. The Bertz CT molecular complexity index is 281. The van der Waals surface area contributed by atoms with E-state index in [1.165, 1.54) is 70.8 Å². The predicted octanol–water partition coefficient (Wildman–Crippen LogP) is 5.64. The van der Waals surface area contributed by atoms with Crippen molar-refractivity contribution in [3.8, 4) is 0 Å². The van der Waals surface area contributed by atoms with Crippen molar-refractivity contribution in [3.63, 3.8) is 0 Å². The van der Waals surface area contributed by atoms with Gasteiger partial charge in [0.15, 0.2) is 0 Å². The molecule has 2 aliphatic carbocycles. The molecule has 0 aliphatic heterocycles. The number of nitrogens with one attached hydrogen (secondary N) is 1. The second kappa shape index (κ2) is 9.45.